The van der Waals surface area contributed by atoms with Crippen molar-refractivity contribution in [1.29, 1.82) is 0 Å². The molecule has 5 aromatic rings. The Morgan fingerprint density at radius 1 is 0.738 bits per heavy atom. The topological polar surface area (TPSA) is 77.4 Å². The summed E-state index contributed by atoms with van der Waals surface area (Å²) < 4.78 is 6.77. The molecule has 0 saturated heterocycles. The average molecular weight is 618 g/mol. The third kappa shape index (κ3) is 6.26. The predicted molar refractivity (Wildman–Crippen MR) is 168 cm³/mol. The number of carbonyl (C=O) groups excluding carboxylic acids is 2. The summed E-state index contributed by atoms with van der Waals surface area (Å²) in [6, 6.07) is 28.2. The molecule has 0 radical (unpaired) electrons. The second-order valence-electron chi connectivity index (χ2n) is 9.26. The Hall–Kier alpha value is -4.36. The Labute approximate surface area is 257 Å². The number of aromatic nitrogens is 1. The van der Waals surface area contributed by atoms with Gasteiger partial charge in [-0.1, -0.05) is 96.3 Å². The molecule has 0 fully saturated rings. The number of benzene rings is 4. The van der Waals surface area contributed by atoms with Crippen molar-refractivity contribution in [2.45, 2.75) is 13.3 Å². The molecule has 0 unspecified atom stereocenters. The number of esters is 1. The quantitative estimate of drug-likeness (QED) is 0.146. The van der Waals surface area contributed by atoms with E-state index in [4.69, 9.17) is 39.5 Å². The van der Waals surface area contributed by atoms with Gasteiger partial charge in [0, 0.05) is 23.7 Å². The van der Waals surface area contributed by atoms with Crippen molar-refractivity contribution in [3.05, 3.63) is 134 Å². The van der Waals surface area contributed by atoms with Crippen molar-refractivity contribution in [3.8, 4) is 33.7 Å². The molecule has 0 spiro atoms. The Kier molecular flexibility index (Phi) is 8.78. The van der Waals surface area contributed by atoms with Crippen LogP contribution in [0.2, 0.25) is 15.1 Å². The first kappa shape index (κ1) is 29.1. The van der Waals surface area contributed by atoms with E-state index in [1.165, 1.54) is 4.57 Å². The third-order valence-corrected chi connectivity index (χ3v) is 7.52. The fourth-order valence-corrected chi connectivity index (χ4v) is 4.80. The molecule has 1 aromatic heterocycles. The number of hydrogen-bond acceptors (Lipinski definition) is 4. The molecule has 0 aliphatic heterocycles. The zero-order chi connectivity index (χ0) is 29.8. The van der Waals surface area contributed by atoms with Gasteiger partial charge in [-0.3, -0.25) is 19.0 Å². The van der Waals surface area contributed by atoms with Crippen LogP contribution in [0.15, 0.2) is 108 Å². The predicted octanol–water partition coefficient (Wildman–Crippen LogP) is 8.70. The fourth-order valence-electron chi connectivity index (χ4n) is 4.30. The monoisotopic (exact) mass is 616 g/mol. The summed E-state index contributed by atoms with van der Waals surface area (Å²) in [5.41, 5.74) is 3.15. The number of para-hydroxylation sites is 1. The number of rotatable bonds is 7. The molecular formula is C33H23Cl3N2O4. The van der Waals surface area contributed by atoms with Crippen LogP contribution in [0.25, 0.3) is 27.9 Å². The van der Waals surface area contributed by atoms with Gasteiger partial charge in [0.2, 0.25) is 0 Å². The third-order valence-electron chi connectivity index (χ3n) is 6.48. The molecule has 0 aliphatic rings. The van der Waals surface area contributed by atoms with Crippen molar-refractivity contribution >= 4 is 52.4 Å². The SMILES string of the molecule is CCC(=O)Oc1c(Cl)cccc1-n1cc(-c2ccc(Cl)c(Cl)c2)cc(NC(=O)c2ccc(-c3ccccc3)cc2)c1=O. The van der Waals surface area contributed by atoms with Crippen LogP contribution in [0.3, 0.4) is 0 Å². The van der Waals surface area contributed by atoms with Crippen LogP contribution in [0, 0.1) is 0 Å². The summed E-state index contributed by atoms with van der Waals surface area (Å²) in [7, 11) is 0. The Morgan fingerprint density at radius 2 is 1.43 bits per heavy atom. The molecule has 42 heavy (non-hydrogen) atoms. The maximum Gasteiger partial charge on any atom is 0.311 e. The van der Waals surface area contributed by atoms with Crippen LogP contribution in [0.5, 0.6) is 5.75 Å². The molecule has 1 heterocycles. The second-order valence-corrected chi connectivity index (χ2v) is 10.5. The van der Waals surface area contributed by atoms with Crippen LogP contribution < -0.4 is 15.6 Å². The molecule has 0 saturated carbocycles. The van der Waals surface area contributed by atoms with Gasteiger partial charge < -0.3 is 10.1 Å². The van der Waals surface area contributed by atoms with E-state index in [1.807, 2.05) is 42.5 Å². The van der Waals surface area contributed by atoms with Crippen LogP contribution >= 0.6 is 34.8 Å². The number of halogens is 3. The molecular weight excluding hydrogens is 595 g/mol. The smallest absolute Gasteiger partial charge is 0.311 e. The highest BCUT2D eigenvalue weighted by Gasteiger charge is 2.19. The van der Waals surface area contributed by atoms with Gasteiger partial charge in [0.05, 0.1) is 20.8 Å². The lowest BCUT2D eigenvalue weighted by Crippen LogP contribution is -2.25. The van der Waals surface area contributed by atoms with Crippen molar-refractivity contribution in [2.24, 2.45) is 0 Å². The van der Waals surface area contributed by atoms with E-state index in [0.717, 1.165) is 11.1 Å². The maximum atomic E-state index is 13.8. The molecule has 4 aromatic carbocycles. The molecule has 5 rings (SSSR count). The van der Waals surface area contributed by atoms with Crippen molar-refractivity contribution < 1.29 is 14.3 Å². The van der Waals surface area contributed by atoms with Crippen molar-refractivity contribution in [1.82, 2.24) is 4.57 Å². The molecule has 0 aliphatic carbocycles. The van der Waals surface area contributed by atoms with Gasteiger partial charge in [-0.15, -0.1) is 0 Å². The van der Waals surface area contributed by atoms with Crippen molar-refractivity contribution in [3.63, 3.8) is 0 Å². The van der Waals surface area contributed by atoms with Crippen LogP contribution in [0.1, 0.15) is 23.7 Å². The minimum absolute atomic E-state index is 0.0107. The normalized spacial score (nSPS) is 10.8. The van der Waals surface area contributed by atoms with Gasteiger partial charge in [-0.2, -0.15) is 0 Å². The van der Waals surface area contributed by atoms with E-state index < -0.39 is 17.4 Å². The standard InChI is InChI=1S/C33H23Cl3N2O4/c1-2-30(39)42-31-26(35)9-6-10-29(31)38-19-24(23-15-16-25(34)27(36)17-23)18-28(33(38)41)37-32(40)22-13-11-21(12-14-22)20-7-4-3-5-8-20/h3-19H,2H2,1H3,(H,37,40). The summed E-state index contributed by atoms with van der Waals surface area (Å²) in [6.45, 7) is 1.65. The van der Waals surface area contributed by atoms with E-state index >= 15 is 0 Å². The van der Waals surface area contributed by atoms with Crippen LogP contribution in [-0.4, -0.2) is 16.4 Å². The van der Waals surface area contributed by atoms with Gasteiger partial charge in [-0.05, 0) is 59.2 Å². The van der Waals surface area contributed by atoms with Gasteiger partial charge in [0.25, 0.3) is 11.5 Å². The minimum atomic E-state index is -0.566. The number of hydrogen-bond donors (Lipinski definition) is 1. The Morgan fingerprint density at radius 3 is 2.12 bits per heavy atom. The average Bonchev–Trinajstić information content (AvgIpc) is 3.01. The van der Waals surface area contributed by atoms with Gasteiger partial charge in [-0.25, -0.2) is 0 Å². The van der Waals surface area contributed by atoms with Crippen molar-refractivity contribution in [2.75, 3.05) is 5.32 Å². The summed E-state index contributed by atoms with van der Waals surface area (Å²) >= 11 is 18.8. The zero-order valence-electron chi connectivity index (χ0n) is 22.2. The van der Waals surface area contributed by atoms with E-state index in [9.17, 15) is 14.4 Å². The van der Waals surface area contributed by atoms with E-state index in [2.05, 4.69) is 5.32 Å². The lowest BCUT2D eigenvalue weighted by Gasteiger charge is -2.17. The van der Waals surface area contributed by atoms with Gasteiger partial charge in [0.1, 0.15) is 5.69 Å². The number of carbonyl (C=O) groups is 2. The summed E-state index contributed by atoms with van der Waals surface area (Å²) in [5, 5.41) is 3.57. The summed E-state index contributed by atoms with van der Waals surface area (Å²) in [5.74, 6) is -0.980. The van der Waals surface area contributed by atoms with Crippen LogP contribution in [-0.2, 0) is 4.79 Å². The highest BCUT2D eigenvalue weighted by molar-refractivity contribution is 6.42. The van der Waals surface area contributed by atoms with E-state index in [1.54, 1.807) is 67.7 Å². The van der Waals surface area contributed by atoms with E-state index in [-0.39, 0.29) is 28.6 Å². The first-order valence-corrected chi connectivity index (χ1v) is 14.1. The molecule has 9 heteroatoms. The fraction of sp³-hybridized carbons (Fsp3) is 0.0606. The number of ether oxygens (including phenoxy) is 1. The second kappa shape index (κ2) is 12.7. The van der Waals surface area contributed by atoms with Gasteiger partial charge >= 0.3 is 5.97 Å². The number of anilines is 1. The molecule has 1 amide bonds. The summed E-state index contributed by atoms with van der Waals surface area (Å²) in [6.07, 6.45) is 1.66. The van der Waals surface area contributed by atoms with Crippen LogP contribution in [0.4, 0.5) is 5.69 Å². The number of pyridine rings is 1. The lowest BCUT2D eigenvalue weighted by molar-refractivity contribution is -0.134. The molecule has 6 nitrogen and oxygen atoms in total. The first-order chi connectivity index (χ1) is 20.2. The maximum absolute atomic E-state index is 13.8. The zero-order valence-corrected chi connectivity index (χ0v) is 24.5. The molecule has 210 valence electrons. The Balaban J connectivity index is 1.59. The largest absolute Gasteiger partial charge is 0.423 e. The first-order valence-electron chi connectivity index (χ1n) is 12.9. The molecule has 0 bridgehead atoms. The number of nitrogens with one attached hydrogen (secondary N) is 1. The lowest BCUT2D eigenvalue weighted by atomic mass is 10.0. The number of nitrogens with zero attached hydrogens (tertiary/aromatic N) is 1. The molecule has 1 N–H and O–H groups in total. The highest BCUT2D eigenvalue weighted by atomic mass is 35.5. The van der Waals surface area contributed by atoms with Gasteiger partial charge in [0.15, 0.2) is 5.75 Å². The summed E-state index contributed by atoms with van der Waals surface area (Å²) in [4.78, 5) is 39.3. The van der Waals surface area contributed by atoms with E-state index in [0.29, 0.717) is 26.7 Å². The minimum Gasteiger partial charge on any atom is -0.423 e. The Bertz CT molecular complexity index is 1850. The molecule has 0 atom stereocenters. The highest BCUT2D eigenvalue weighted by Crippen LogP contribution is 2.34. The number of amides is 1.